The number of rotatable bonds is 3. The van der Waals surface area contributed by atoms with Gasteiger partial charge in [-0.05, 0) is 6.26 Å². The van der Waals surface area contributed by atoms with Gasteiger partial charge in [-0.1, -0.05) is 0 Å². The summed E-state index contributed by atoms with van der Waals surface area (Å²) in [6.45, 7) is 0. The zero-order valence-corrected chi connectivity index (χ0v) is 6.56. The van der Waals surface area contributed by atoms with Crippen LogP contribution in [0, 0.1) is 0 Å². The van der Waals surface area contributed by atoms with Crippen LogP contribution in [0.5, 0.6) is 0 Å². The van der Waals surface area contributed by atoms with Gasteiger partial charge in [0, 0.05) is 0 Å². The van der Waals surface area contributed by atoms with E-state index in [9.17, 15) is 0 Å². The maximum absolute atomic E-state index is 5.18. The second-order valence-electron chi connectivity index (χ2n) is 1.27. The summed E-state index contributed by atoms with van der Waals surface area (Å²) >= 11 is 1.88. The first-order valence-electron chi connectivity index (χ1n) is 1.97. The fraction of sp³-hybridized carbons (Fsp3) is 1.00. The van der Waals surface area contributed by atoms with E-state index < -0.39 is 0 Å². The molecule has 0 heterocycles. The molecule has 0 aliphatic rings. The van der Waals surface area contributed by atoms with Crippen molar-refractivity contribution in [3.63, 3.8) is 0 Å². The van der Waals surface area contributed by atoms with E-state index in [1.165, 1.54) is 0 Å². The van der Waals surface area contributed by atoms with Crippen LogP contribution >= 0.6 is 11.8 Å². The van der Waals surface area contributed by atoms with Gasteiger partial charge in [-0.15, -0.1) is 11.8 Å². The highest BCUT2D eigenvalue weighted by Gasteiger charge is 1.98. The molecule has 0 bridgehead atoms. The summed E-state index contributed by atoms with van der Waals surface area (Å²) in [4.78, 5) is 0. The minimum Gasteiger partial charge on any atom is -0.164 e. The molecule has 44 valence electrons. The Bertz CT molecular complexity index is 38.7. The lowest BCUT2D eigenvalue weighted by molar-refractivity contribution is 0.455. The molecule has 3 heteroatoms. The Balaban J connectivity index is 2.68. The summed E-state index contributed by atoms with van der Waals surface area (Å²) in [5.41, 5.74) is 0. The third-order valence-electron chi connectivity index (χ3n) is 0.402. The summed E-state index contributed by atoms with van der Waals surface area (Å²) in [6, 6.07) is 0. The van der Waals surface area contributed by atoms with Crippen LogP contribution in [0.15, 0.2) is 0 Å². The minimum absolute atomic E-state index is 0.164. The summed E-state index contributed by atoms with van der Waals surface area (Å²) in [5, 5.41) is 0. The highest BCUT2D eigenvalue weighted by Crippen LogP contribution is 1.95. The normalized spacial score (nSPS) is 10.3. The lowest BCUT2D eigenvalue weighted by atomic mass is 11.7. The van der Waals surface area contributed by atoms with E-state index in [0.717, 1.165) is 5.94 Å². The zero-order chi connectivity index (χ0) is 5.70. The van der Waals surface area contributed by atoms with Crippen LogP contribution in [0.2, 0.25) is 0 Å². The quantitative estimate of drug-likeness (QED) is 0.428. The van der Waals surface area contributed by atoms with Gasteiger partial charge in [0.05, 0.1) is 0 Å². The van der Waals surface area contributed by atoms with E-state index in [1.54, 1.807) is 11.8 Å². The smallest absolute Gasteiger partial charge is 0.149 e. The fourth-order valence-corrected chi connectivity index (χ4v) is 1.30. The second kappa shape index (κ2) is 4.81. The number of hydrogen-bond acceptors (Lipinski definition) is 2. The van der Waals surface area contributed by atoms with Crippen molar-refractivity contribution in [3.05, 3.63) is 0 Å². The van der Waals surface area contributed by atoms with Crippen LogP contribution in [0.1, 0.15) is 0 Å². The number of hydrogen-bond donors (Lipinski definition) is 0. The molecule has 7 heavy (non-hydrogen) atoms. The molecule has 0 aromatic carbocycles. The zero-order valence-electron chi connectivity index (χ0n) is 4.93. The molecule has 0 unspecified atom stereocenters. The molecule has 0 aromatic heterocycles. The molecule has 0 rings (SSSR count). The predicted octanol–water partition coefficient (Wildman–Crippen LogP) is 1.12. The molecule has 0 atom stereocenters. The minimum atomic E-state index is 0.164. The van der Waals surface area contributed by atoms with Crippen molar-refractivity contribution < 1.29 is 4.18 Å². The van der Waals surface area contributed by atoms with E-state index in [0.29, 0.717) is 0 Å². The SMILES string of the molecule is CSCO[S+](C)C. The van der Waals surface area contributed by atoms with Gasteiger partial charge < -0.3 is 0 Å². The molecular weight excluding hydrogens is 128 g/mol. The van der Waals surface area contributed by atoms with E-state index in [1.807, 2.05) is 6.26 Å². The molecule has 0 aliphatic heterocycles. The molecule has 0 aromatic rings. The van der Waals surface area contributed by atoms with Crippen LogP contribution in [0.3, 0.4) is 0 Å². The molecule has 0 saturated carbocycles. The van der Waals surface area contributed by atoms with Crippen molar-refractivity contribution in [2.45, 2.75) is 0 Å². The summed E-state index contributed by atoms with van der Waals surface area (Å²) < 4.78 is 5.18. The average Bonchev–Trinajstić information content (AvgIpc) is 1.61. The third kappa shape index (κ3) is 6.66. The molecule has 0 saturated heterocycles. The van der Waals surface area contributed by atoms with Crippen LogP contribution in [-0.2, 0) is 15.4 Å². The van der Waals surface area contributed by atoms with Crippen molar-refractivity contribution >= 4 is 22.9 Å². The summed E-state index contributed by atoms with van der Waals surface area (Å²) in [6.07, 6.45) is 6.17. The molecule has 0 N–H and O–H groups in total. The molecule has 0 spiro atoms. The van der Waals surface area contributed by atoms with E-state index in [2.05, 4.69) is 12.5 Å². The molecular formula is C4H11OS2+. The second-order valence-corrected chi connectivity index (χ2v) is 3.80. The Labute approximate surface area is 52.4 Å². The summed E-state index contributed by atoms with van der Waals surface area (Å²) in [5.74, 6) is 0.829. The van der Waals surface area contributed by atoms with Crippen molar-refractivity contribution in [1.82, 2.24) is 0 Å². The first-order valence-corrected chi connectivity index (χ1v) is 5.33. The highest BCUT2D eigenvalue weighted by molar-refractivity contribution is 7.99. The van der Waals surface area contributed by atoms with Crippen molar-refractivity contribution in [3.8, 4) is 0 Å². The van der Waals surface area contributed by atoms with Gasteiger partial charge in [0.1, 0.15) is 29.6 Å². The molecule has 1 nitrogen and oxygen atoms in total. The van der Waals surface area contributed by atoms with E-state index >= 15 is 0 Å². The van der Waals surface area contributed by atoms with Crippen LogP contribution in [0.4, 0.5) is 0 Å². The first-order chi connectivity index (χ1) is 3.27. The summed E-state index contributed by atoms with van der Waals surface area (Å²) in [7, 11) is 0. The Hall–Kier alpha value is 0.660. The Morgan fingerprint density at radius 2 is 2.14 bits per heavy atom. The fourth-order valence-electron chi connectivity index (χ4n) is 0.144. The molecule has 0 amide bonds. The van der Waals surface area contributed by atoms with Gasteiger partial charge in [0.25, 0.3) is 0 Å². The van der Waals surface area contributed by atoms with Gasteiger partial charge in [0.15, 0.2) is 0 Å². The van der Waals surface area contributed by atoms with E-state index in [-0.39, 0.29) is 11.2 Å². The van der Waals surface area contributed by atoms with Gasteiger partial charge in [-0.25, -0.2) is 0 Å². The lowest BCUT2D eigenvalue weighted by Gasteiger charge is -1.90. The Morgan fingerprint density at radius 3 is 2.29 bits per heavy atom. The number of thioether (sulfide) groups is 1. The maximum Gasteiger partial charge on any atom is 0.149 e. The topological polar surface area (TPSA) is 9.23 Å². The van der Waals surface area contributed by atoms with Crippen molar-refractivity contribution in [2.75, 3.05) is 24.7 Å². The lowest BCUT2D eigenvalue weighted by Crippen LogP contribution is -1.99. The van der Waals surface area contributed by atoms with Gasteiger partial charge in [0.2, 0.25) is 0 Å². The van der Waals surface area contributed by atoms with Crippen LogP contribution in [-0.4, -0.2) is 24.7 Å². The molecule has 0 radical (unpaired) electrons. The maximum atomic E-state index is 5.18. The Morgan fingerprint density at radius 1 is 1.57 bits per heavy atom. The molecule has 0 aliphatic carbocycles. The van der Waals surface area contributed by atoms with E-state index in [4.69, 9.17) is 4.18 Å². The van der Waals surface area contributed by atoms with Crippen LogP contribution < -0.4 is 0 Å². The third-order valence-corrected chi connectivity index (χ3v) is 1.49. The highest BCUT2D eigenvalue weighted by atomic mass is 32.2. The van der Waals surface area contributed by atoms with Gasteiger partial charge in [-0.2, -0.15) is 4.18 Å². The first kappa shape index (κ1) is 7.66. The van der Waals surface area contributed by atoms with Gasteiger partial charge in [-0.3, -0.25) is 0 Å². The van der Waals surface area contributed by atoms with Gasteiger partial charge >= 0.3 is 0 Å². The van der Waals surface area contributed by atoms with Crippen LogP contribution in [0.25, 0.3) is 0 Å². The van der Waals surface area contributed by atoms with Crippen molar-refractivity contribution in [1.29, 1.82) is 0 Å². The monoisotopic (exact) mass is 139 g/mol. The van der Waals surface area contributed by atoms with Crippen molar-refractivity contribution in [2.24, 2.45) is 0 Å². The average molecular weight is 139 g/mol. The molecule has 0 fully saturated rings. The Kier molecular flexibility index (Phi) is 5.26. The predicted molar refractivity (Wildman–Crippen MR) is 38.7 cm³/mol. The largest absolute Gasteiger partial charge is 0.164 e. The standard InChI is InChI=1S/C4H11OS2/c1-6-4-5-7(2)3/h4H2,1-3H3/q+1.